The van der Waals surface area contributed by atoms with E-state index in [9.17, 15) is 28.6 Å². The van der Waals surface area contributed by atoms with Gasteiger partial charge in [0.05, 0.1) is 25.1 Å². The predicted molar refractivity (Wildman–Crippen MR) is 117 cm³/mol. The Morgan fingerprint density at radius 1 is 0.938 bits per heavy atom. The van der Waals surface area contributed by atoms with Crippen LogP contribution in [0.5, 0.6) is 0 Å². The summed E-state index contributed by atoms with van der Waals surface area (Å²) in [5.74, 6) is -0.977. The van der Waals surface area contributed by atoms with Crippen LogP contribution in [0.15, 0.2) is 76.4 Å². The number of hydrogen-bond acceptors (Lipinski definition) is 6. The van der Waals surface area contributed by atoms with E-state index in [1.165, 1.54) is 4.57 Å². The van der Waals surface area contributed by atoms with E-state index >= 15 is 0 Å². The van der Waals surface area contributed by atoms with E-state index in [4.69, 9.17) is 0 Å². The highest BCUT2D eigenvalue weighted by atomic mass is 31.2. The van der Waals surface area contributed by atoms with Gasteiger partial charge in [-0.2, -0.15) is 0 Å². The Morgan fingerprint density at radius 3 is 2.00 bits per heavy atom. The molecule has 0 aliphatic rings. The van der Waals surface area contributed by atoms with Crippen molar-refractivity contribution in [3.63, 3.8) is 0 Å². The molecule has 1 aromatic heterocycles. The fourth-order valence-electron chi connectivity index (χ4n) is 3.08. The summed E-state index contributed by atoms with van der Waals surface area (Å²) in [5.41, 5.74) is -1.85. The van der Waals surface area contributed by atoms with Crippen LogP contribution in [0.3, 0.4) is 0 Å². The Balaban J connectivity index is 2.08. The lowest BCUT2D eigenvalue weighted by atomic mass is 10.1. The first-order chi connectivity index (χ1) is 15.2. The molecule has 0 saturated heterocycles. The molecule has 1 atom stereocenters. The molecule has 3 rings (SSSR count). The third kappa shape index (κ3) is 5.26. The fourth-order valence-corrected chi connectivity index (χ4v) is 3.63. The van der Waals surface area contributed by atoms with E-state index in [1.54, 1.807) is 54.6 Å². The van der Waals surface area contributed by atoms with Gasteiger partial charge < -0.3 is 9.42 Å². The number of carbonyl (C=O) groups excluding carboxylic acids is 2. The van der Waals surface area contributed by atoms with E-state index in [2.05, 4.69) is 4.52 Å². The minimum absolute atomic E-state index is 0.0829. The Bertz CT molecular complexity index is 1300. The Hall–Kier alpha value is -3.39. The molecular formula is C22H21N2O7P. The van der Waals surface area contributed by atoms with Crippen LogP contribution in [0.1, 0.15) is 27.9 Å². The SMILES string of the molecule is COP(=O)(O)C(=O)CC(=O)c1cn(Cc2ccccc2)c(=O)n(Cc2ccccc2)c1=O. The molecule has 10 heteroatoms. The summed E-state index contributed by atoms with van der Waals surface area (Å²) in [7, 11) is -3.76. The normalized spacial score (nSPS) is 12.8. The molecule has 0 aliphatic heterocycles. The van der Waals surface area contributed by atoms with Crippen molar-refractivity contribution in [2.75, 3.05) is 7.11 Å². The number of aromatic nitrogens is 2. The van der Waals surface area contributed by atoms with Gasteiger partial charge in [0, 0.05) is 13.3 Å². The third-order valence-corrected chi connectivity index (χ3v) is 6.07. The zero-order valence-electron chi connectivity index (χ0n) is 17.2. The molecule has 32 heavy (non-hydrogen) atoms. The Morgan fingerprint density at radius 2 is 1.47 bits per heavy atom. The molecule has 0 radical (unpaired) electrons. The molecule has 0 saturated carbocycles. The van der Waals surface area contributed by atoms with Crippen molar-refractivity contribution < 1.29 is 23.6 Å². The van der Waals surface area contributed by atoms with Gasteiger partial charge in [-0.1, -0.05) is 60.7 Å². The molecule has 2 aromatic carbocycles. The van der Waals surface area contributed by atoms with E-state index in [0.29, 0.717) is 5.56 Å². The van der Waals surface area contributed by atoms with E-state index in [0.717, 1.165) is 23.4 Å². The van der Waals surface area contributed by atoms with Gasteiger partial charge in [-0.05, 0) is 11.1 Å². The molecule has 0 aliphatic carbocycles. The van der Waals surface area contributed by atoms with Crippen molar-refractivity contribution in [2.24, 2.45) is 0 Å². The summed E-state index contributed by atoms with van der Waals surface area (Å²) < 4.78 is 18.1. The molecule has 0 spiro atoms. The maximum absolute atomic E-state index is 13.0. The zero-order chi connectivity index (χ0) is 23.3. The lowest BCUT2D eigenvalue weighted by Gasteiger charge is -2.13. The second-order valence-corrected chi connectivity index (χ2v) is 8.92. The fraction of sp³-hybridized carbons (Fsp3) is 0.182. The number of benzene rings is 2. The van der Waals surface area contributed by atoms with Gasteiger partial charge in [-0.25, -0.2) is 4.79 Å². The molecule has 1 unspecified atom stereocenters. The zero-order valence-corrected chi connectivity index (χ0v) is 18.1. The highest BCUT2D eigenvalue weighted by Gasteiger charge is 2.32. The number of Topliss-reactive ketones (excluding diaryl/α,β-unsaturated/α-hetero) is 1. The molecule has 1 heterocycles. The summed E-state index contributed by atoms with van der Waals surface area (Å²) in [6.07, 6.45) is 0.0790. The van der Waals surface area contributed by atoms with Crippen LogP contribution in [0.25, 0.3) is 0 Å². The van der Waals surface area contributed by atoms with Crippen LogP contribution in [0.4, 0.5) is 0 Å². The van der Waals surface area contributed by atoms with Crippen LogP contribution >= 0.6 is 7.60 Å². The van der Waals surface area contributed by atoms with Crippen LogP contribution in [-0.2, 0) is 27.0 Å². The molecule has 0 amide bonds. The molecule has 0 fully saturated rings. The largest absolute Gasteiger partial charge is 0.394 e. The van der Waals surface area contributed by atoms with E-state index < -0.39 is 42.1 Å². The number of ketones is 1. The average molecular weight is 456 g/mol. The van der Waals surface area contributed by atoms with Gasteiger partial charge in [0.15, 0.2) is 5.78 Å². The van der Waals surface area contributed by atoms with E-state index in [-0.39, 0.29) is 13.1 Å². The summed E-state index contributed by atoms with van der Waals surface area (Å²) in [6, 6.07) is 17.7. The van der Waals surface area contributed by atoms with Crippen LogP contribution in [0, 0.1) is 0 Å². The maximum Gasteiger partial charge on any atom is 0.394 e. The summed E-state index contributed by atoms with van der Waals surface area (Å²) in [5, 5.41) is 0. The third-order valence-electron chi connectivity index (χ3n) is 4.79. The number of carbonyl (C=O) groups is 2. The van der Waals surface area contributed by atoms with Gasteiger partial charge in [-0.15, -0.1) is 0 Å². The maximum atomic E-state index is 13.0. The average Bonchev–Trinajstić information content (AvgIpc) is 2.79. The van der Waals surface area contributed by atoms with Crippen molar-refractivity contribution in [1.82, 2.24) is 9.13 Å². The van der Waals surface area contributed by atoms with Crippen LogP contribution in [0.2, 0.25) is 0 Å². The molecular weight excluding hydrogens is 435 g/mol. The first-order valence-corrected chi connectivity index (χ1v) is 11.2. The molecule has 0 bridgehead atoms. The highest BCUT2D eigenvalue weighted by Crippen LogP contribution is 2.42. The summed E-state index contributed by atoms with van der Waals surface area (Å²) in [4.78, 5) is 60.2. The second kappa shape index (κ2) is 9.82. The quantitative estimate of drug-likeness (QED) is 0.297. The van der Waals surface area contributed by atoms with Crippen molar-refractivity contribution in [1.29, 1.82) is 0 Å². The summed E-state index contributed by atoms with van der Waals surface area (Å²) in [6.45, 7) is -0.00153. The van der Waals surface area contributed by atoms with Gasteiger partial charge in [0.25, 0.3) is 11.1 Å². The first-order valence-electron chi connectivity index (χ1n) is 9.60. The number of rotatable bonds is 9. The second-order valence-electron chi connectivity index (χ2n) is 7.01. The van der Waals surface area contributed by atoms with Gasteiger partial charge >= 0.3 is 13.3 Å². The van der Waals surface area contributed by atoms with Crippen molar-refractivity contribution in [3.05, 3.63) is 104 Å². The van der Waals surface area contributed by atoms with Crippen LogP contribution in [-0.4, -0.2) is 32.4 Å². The highest BCUT2D eigenvalue weighted by molar-refractivity contribution is 7.71. The van der Waals surface area contributed by atoms with Crippen molar-refractivity contribution in [2.45, 2.75) is 19.5 Å². The first kappa shape index (κ1) is 23.3. The molecule has 9 nitrogen and oxygen atoms in total. The Kier molecular flexibility index (Phi) is 7.15. The standard InChI is InChI=1S/C22H21N2O7P/c1-31-32(29,30)20(26)12-19(25)18-15-23(13-16-8-4-2-5-9-16)22(28)24(21(18)27)14-17-10-6-3-7-11-17/h2-11,15H,12-14H2,1H3,(H,29,30). The summed E-state index contributed by atoms with van der Waals surface area (Å²) >= 11 is 0. The number of hydrogen-bond donors (Lipinski definition) is 1. The minimum atomic E-state index is -4.63. The molecule has 3 aromatic rings. The minimum Gasteiger partial charge on any atom is -0.319 e. The van der Waals surface area contributed by atoms with Crippen molar-refractivity contribution >= 4 is 18.9 Å². The van der Waals surface area contributed by atoms with Gasteiger partial charge in [0.1, 0.15) is 0 Å². The number of nitrogens with zero attached hydrogens (tertiary/aromatic N) is 2. The van der Waals surface area contributed by atoms with Gasteiger partial charge in [-0.3, -0.25) is 28.1 Å². The lowest BCUT2D eigenvalue weighted by molar-refractivity contribution is -0.112. The smallest absolute Gasteiger partial charge is 0.319 e. The topological polar surface area (TPSA) is 125 Å². The Labute approximate surface area is 183 Å². The monoisotopic (exact) mass is 456 g/mol. The van der Waals surface area contributed by atoms with Crippen molar-refractivity contribution in [3.8, 4) is 0 Å². The molecule has 1 N–H and O–H groups in total. The van der Waals surface area contributed by atoms with Gasteiger partial charge in [0.2, 0.25) is 0 Å². The van der Waals surface area contributed by atoms with Crippen LogP contribution < -0.4 is 11.2 Å². The lowest BCUT2D eigenvalue weighted by Crippen LogP contribution is -2.43. The predicted octanol–water partition coefficient (Wildman–Crippen LogP) is 2.04. The van der Waals surface area contributed by atoms with E-state index in [1.807, 2.05) is 6.07 Å². The molecule has 166 valence electrons.